The van der Waals surface area contributed by atoms with Crippen LogP contribution >= 0.6 is 0 Å². The molecule has 1 aliphatic carbocycles. The number of anilines is 1. The van der Waals surface area contributed by atoms with Crippen LogP contribution in [0.1, 0.15) is 50.6 Å². The Bertz CT molecular complexity index is 885. The number of carbonyl (C=O) groups is 1. The van der Waals surface area contributed by atoms with Crippen molar-refractivity contribution in [3.63, 3.8) is 0 Å². The molecule has 5 rings (SSSR count). The fourth-order valence-electron chi connectivity index (χ4n) is 5.53. The quantitative estimate of drug-likeness (QED) is 0.767. The van der Waals surface area contributed by atoms with Gasteiger partial charge >= 0.3 is 0 Å². The van der Waals surface area contributed by atoms with Crippen LogP contribution < -0.4 is 4.90 Å². The van der Waals surface area contributed by atoms with Crippen molar-refractivity contribution >= 4 is 22.8 Å². The van der Waals surface area contributed by atoms with Crippen molar-refractivity contribution in [2.24, 2.45) is 5.92 Å². The standard InChI is InChI=1S/C22H32N6O2/c1-16-19-20(23-15-24-21(19)30-25-16)28-9-5-6-17(14-28)22(29)27-12-10-26(11-13-27)18-7-3-2-4-8-18/h15,17-18H,2-14H2,1H3/t17-/m0/s1. The maximum atomic E-state index is 13.3. The van der Waals surface area contributed by atoms with Gasteiger partial charge in [0, 0.05) is 45.3 Å². The number of hydrogen-bond donors (Lipinski definition) is 0. The molecule has 30 heavy (non-hydrogen) atoms. The third kappa shape index (κ3) is 3.77. The largest absolute Gasteiger partial charge is 0.355 e. The van der Waals surface area contributed by atoms with E-state index < -0.39 is 0 Å². The van der Waals surface area contributed by atoms with Crippen LogP contribution in [-0.2, 0) is 4.79 Å². The van der Waals surface area contributed by atoms with E-state index in [1.165, 1.54) is 38.4 Å². The molecule has 0 aromatic carbocycles. The van der Waals surface area contributed by atoms with Crippen LogP contribution in [0, 0.1) is 12.8 Å². The van der Waals surface area contributed by atoms with Crippen molar-refractivity contribution in [2.75, 3.05) is 44.2 Å². The normalized spacial score (nSPS) is 24.5. The Morgan fingerprint density at radius 1 is 1.00 bits per heavy atom. The number of piperazine rings is 1. The molecule has 2 aromatic rings. The average molecular weight is 413 g/mol. The van der Waals surface area contributed by atoms with Crippen molar-refractivity contribution < 1.29 is 9.32 Å². The van der Waals surface area contributed by atoms with E-state index in [0.717, 1.165) is 68.5 Å². The SMILES string of the molecule is Cc1noc2ncnc(N3CCC[C@H](C(=O)N4CCN(C5CCCCC5)CC4)C3)c12. The van der Waals surface area contributed by atoms with Gasteiger partial charge in [-0.05, 0) is 32.6 Å². The molecule has 1 atom stereocenters. The van der Waals surface area contributed by atoms with Crippen LogP contribution in [0.2, 0.25) is 0 Å². The van der Waals surface area contributed by atoms with E-state index >= 15 is 0 Å². The second-order valence-corrected chi connectivity index (χ2v) is 9.08. The molecular formula is C22H32N6O2. The molecule has 2 aromatic heterocycles. The first kappa shape index (κ1) is 19.7. The molecule has 0 bridgehead atoms. The van der Waals surface area contributed by atoms with E-state index in [1.54, 1.807) is 0 Å². The summed E-state index contributed by atoms with van der Waals surface area (Å²) in [5.74, 6) is 1.19. The van der Waals surface area contributed by atoms with Gasteiger partial charge in [-0.1, -0.05) is 24.4 Å². The molecule has 162 valence electrons. The van der Waals surface area contributed by atoms with Gasteiger partial charge in [-0.25, -0.2) is 4.98 Å². The van der Waals surface area contributed by atoms with Gasteiger partial charge in [0.25, 0.3) is 5.71 Å². The average Bonchev–Trinajstić information content (AvgIpc) is 3.20. The van der Waals surface area contributed by atoms with E-state index in [9.17, 15) is 4.79 Å². The highest BCUT2D eigenvalue weighted by Crippen LogP contribution is 2.30. The Kier molecular flexibility index (Phi) is 5.58. The molecule has 0 N–H and O–H groups in total. The summed E-state index contributed by atoms with van der Waals surface area (Å²) in [6, 6.07) is 0.744. The summed E-state index contributed by atoms with van der Waals surface area (Å²) >= 11 is 0. The van der Waals surface area contributed by atoms with Crippen LogP contribution in [0.4, 0.5) is 5.82 Å². The van der Waals surface area contributed by atoms with Crippen molar-refractivity contribution in [3.8, 4) is 0 Å². The van der Waals surface area contributed by atoms with Gasteiger partial charge in [-0.2, -0.15) is 4.98 Å². The summed E-state index contributed by atoms with van der Waals surface area (Å²) in [6.07, 6.45) is 10.3. The molecule has 0 spiro atoms. The Labute approximate surface area is 177 Å². The highest BCUT2D eigenvalue weighted by Gasteiger charge is 2.33. The maximum Gasteiger partial charge on any atom is 0.263 e. The number of aryl methyl sites for hydroxylation is 1. The molecule has 0 unspecified atom stereocenters. The van der Waals surface area contributed by atoms with Crippen LogP contribution in [0.25, 0.3) is 11.1 Å². The van der Waals surface area contributed by atoms with Crippen LogP contribution in [0.15, 0.2) is 10.9 Å². The summed E-state index contributed by atoms with van der Waals surface area (Å²) in [7, 11) is 0. The van der Waals surface area contributed by atoms with Crippen molar-refractivity contribution in [2.45, 2.75) is 57.9 Å². The zero-order valence-corrected chi connectivity index (χ0v) is 17.9. The highest BCUT2D eigenvalue weighted by atomic mass is 16.5. The third-order valence-corrected chi connectivity index (χ3v) is 7.21. The van der Waals surface area contributed by atoms with Gasteiger partial charge < -0.3 is 14.3 Å². The smallest absolute Gasteiger partial charge is 0.263 e. The fraction of sp³-hybridized carbons (Fsp3) is 0.727. The zero-order chi connectivity index (χ0) is 20.5. The van der Waals surface area contributed by atoms with Crippen LogP contribution in [-0.4, -0.2) is 76.1 Å². The summed E-state index contributed by atoms with van der Waals surface area (Å²) in [5.41, 5.74) is 1.32. The second-order valence-electron chi connectivity index (χ2n) is 9.08. The van der Waals surface area contributed by atoms with Crippen LogP contribution in [0.3, 0.4) is 0 Å². The first-order valence-corrected chi connectivity index (χ1v) is 11.6. The molecule has 2 saturated heterocycles. The fourth-order valence-corrected chi connectivity index (χ4v) is 5.53. The predicted molar refractivity (Wildman–Crippen MR) is 114 cm³/mol. The minimum Gasteiger partial charge on any atom is -0.355 e. The van der Waals surface area contributed by atoms with E-state index in [-0.39, 0.29) is 5.92 Å². The lowest BCUT2D eigenvalue weighted by atomic mass is 9.93. The number of amides is 1. The Hall–Kier alpha value is -2.22. The summed E-state index contributed by atoms with van der Waals surface area (Å²) in [5, 5.41) is 4.91. The van der Waals surface area contributed by atoms with Gasteiger partial charge in [0.1, 0.15) is 17.5 Å². The number of piperidine rings is 1. The molecular weight excluding hydrogens is 380 g/mol. The molecule has 2 aliphatic heterocycles. The van der Waals surface area contributed by atoms with E-state index in [2.05, 4.69) is 29.8 Å². The van der Waals surface area contributed by atoms with Crippen molar-refractivity contribution in [3.05, 3.63) is 12.0 Å². The summed E-state index contributed by atoms with van der Waals surface area (Å²) in [6.45, 7) is 7.31. The Balaban J connectivity index is 1.23. The maximum absolute atomic E-state index is 13.3. The monoisotopic (exact) mass is 412 g/mol. The molecule has 0 radical (unpaired) electrons. The Morgan fingerprint density at radius 3 is 2.60 bits per heavy atom. The van der Waals surface area contributed by atoms with E-state index in [0.29, 0.717) is 18.2 Å². The lowest BCUT2D eigenvalue weighted by Gasteiger charge is -2.42. The minimum atomic E-state index is 0.0326. The summed E-state index contributed by atoms with van der Waals surface area (Å²) < 4.78 is 5.30. The lowest BCUT2D eigenvalue weighted by molar-refractivity contribution is -0.138. The third-order valence-electron chi connectivity index (χ3n) is 7.21. The van der Waals surface area contributed by atoms with Gasteiger partial charge in [0.15, 0.2) is 0 Å². The zero-order valence-electron chi connectivity index (χ0n) is 17.9. The van der Waals surface area contributed by atoms with Crippen LogP contribution in [0.5, 0.6) is 0 Å². The number of carbonyl (C=O) groups excluding carboxylic acids is 1. The number of nitrogens with zero attached hydrogens (tertiary/aromatic N) is 6. The van der Waals surface area contributed by atoms with E-state index in [1.807, 2.05) is 6.92 Å². The highest BCUT2D eigenvalue weighted by molar-refractivity contribution is 5.88. The number of rotatable bonds is 3. The van der Waals surface area contributed by atoms with Gasteiger partial charge in [-0.3, -0.25) is 9.69 Å². The van der Waals surface area contributed by atoms with E-state index in [4.69, 9.17) is 4.52 Å². The molecule has 8 nitrogen and oxygen atoms in total. The first-order chi connectivity index (χ1) is 14.7. The van der Waals surface area contributed by atoms with Crippen molar-refractivity contribution in [1.82, 2.24) is 24.9 Å². The topological polar surface area (TPSA) is 78.6 Å². The number of fused-ring (bicyclic) bond motifs is 1. The predicted octanol–water partition coefficient (Wildman–Crippen LogP) is 2.62. The number of hydrogen-bond acceptors (Lipinski definition) is 7. The molecule has 3 fully saturated rings. The minimum absolute atomic E-state index is 0.0326. The molecule has 1 amide bonds. The number of aromatic nitrogens is 3. The van der Waals surface area contributed by atoms with Gasteiger partial charge in [0.05, 0.1) is 11.6 Å². The first-order valence-electron chi connectivity index (χ1n) is 11.6. The molecule has 3 aliphatic rings. The van der Waals surface area contributed by atoms with Crippen molar-refractivity contribution in [1.29, 1.82) is 0 Å². The second kappa shape index (κ2) is 8.49. The van der Waals surface area contributed by atoms with Gasteiger partial charge in [0.2, 0.25) is 5.91 Å². The molecule has 8 heteroatoms. The summed E-state index contributed by atoms with van der Waals surface area (Å²) in [4.78, 5) is 29.0. The molecule has 1 saturated carbocycles. The molecule has 4 heterocycles. The Morgan fingerprint density at radius 2 is 1.80 bits per heavy atom. The van der Waals surface area contributed by atoms with Gasteiger partial charge in [-0.15, -0.1) is 0 Å². The lowest BCUT2D eigenvalue weighted by Crippen LogP contribution is -2.54.